The van der Waals surface area contributed by atoms with Crippen molar-refractivity contribution in [3.63, 3.8) is 0 Å². The number of nitrogens with two attached hydrogens (primary N) is 1. The van der Waals surface area contributed by atoms with Gasteiger partial charge in [0.2, 0.25) is 5.95 Å². The Morgan fingerprint density at radius 2 is 2.12 bits per heavy atom. The van der Waals surface area contributed by atoms with E-state index in [-0.39, 0.29) is 0 Å². The molecule has 0 aliphatic rings. The van der Waals surface area contributed by atoms with E-state index in [4.69, 9.17) is 18.0 Å². The Morgan fingerprint density at radius 3 is 2.56 bits per heavy atom. The normalized spacial score (nSPS) is 10.6. The van der Waals surface area contributed by atoms with Crippen molar-refractivity contribution in [2.75, 3.05) is 11.4 Å². The first kappa shape index (κ1) is 12.8. The van der Waals surface area contributed by atoms with Gasteiger partial charge in [-0.15, -0.1) is 0 Å². The monoisotopic (exact) mass is 238 g/mol. The lowest BCUT2D eigenvalue weighted by atomic mass is 10.3. The summed E-state index contributed by atoms with van der Waals surface area (Å²) in [5.41, 5.74) is 7.11. The van der Waals surface area contributed by atoms with Crippen LogP contribution in [-0.2, 0) is 0 Å². The fraction of sp³-hybridized carbons (Fsp3) is 0.545. The summed E-state index contributed by atoms with van der Waals surface area (Å²) >= 11 is 4.94. The Hall–Kier alpha value is -1.23. The fourth-order valence-corrected chi connectivity index (χ4v) is 1.65. The van der Waals surface area contributed by atoms with Gasteiger partial charge in [-0.25, -0.2) is 9.97 Å². The van der Waals surface area contributed by atoms with Crippen LogP contribution in [0.3, 0.4) is 0 Å². The molecule has 0 amide bonds. The summed E-state index contributed by atoms with van der Waals surface area (Å²) in [6, 6.07) is 2.16. The van der Waals surface area contributed by atoms with Crippen molar-refractivity contribution in [2.24, 2.45) is 5.73 Å². The van der Waals surface area contributed by atoms with Crippen molar-refractivity contribution < 1.29 is 0 Å². The van der Waals surface area contributed by atoms with E-state index in [1.165, 1.54) is 0 Å². The molecule has 0 fully saturated rings. The summed E-state index contributed by atoms with van der Waals surface area (Å²) in [5, 5.41) is 0. The molecule has 0 aliphatic carbocycles. The summed E-state index contributed by atoms with van der Waals surface area (Å²) < 4.78 is 0. The SMILES string of the molecule is CCN(c1nc(C)cc(C(N)=S)n1)C(C)C. The second kappa shape index (κ2) is 5.21. The van der Waals surface area contributed by atoms with Crippen molar-refractivity contribution in [3.8, 4) is 0 Å². The number of hydrogen-bond donors (Lipinski definition) is 1. The third-order valence-electron chi connectivity index (χ3n) is 2.32. The Kier molecular flexibility index (Phi) is 4.18. The highest BCUT2D eigenvalue weighted by atomic mass is 32.1. The summed E-state index contributed by atoms with van der Waals surface area (Å²) in [6.07, 6.45) is 0. The first-order valence-electron chi connectivity index (χ1n) is 5.37. The molecule has 16 heavy (non-hydrogen) atoms. The number of hydrogen-bond acceptors (Lipinski definition) is 4. The van der Waals surface area contributed by atoms with Crippen LogP contribution in [0.2, 0.25) is 0 Å². The molecule has 0 bridgehead atoms. The lowest BCUT2D eigenvalue weighted by Crippen LogP contribution is -2.32. The fourth-order valence-electron chi connectivity index (χ4n) is 1.55. The van der Waals surface area contributed by atoms with E-state index in [2.05, 4.69) is 35.6 Å². The summed E-state index contributed by atoms with van der Waals surface area (Å²) in [4.78, 5) is 11.2. The molecule has 0 atom stereocenters. The molecule has 0 aliphatic heterocycles. The quantitative estimate of drug-likeness (QED) is 0.808. The zero-order chi connectivity index (χ0) is 12.3. The molecule has 1 aromatic rings. The molecule has 0 spiro atoms. The molecule has 1 rings (SSSR count). The molecule has 2 N–H and O–H groups in total. The second-order valence-corrected chi connectivity index (χ2v) is 4.38. The van der Waals surface area contributed by atoms with Gasteiger partial charge in [0.15, 0.2) is 0 Å². The first-order valence-corrected chi connectivity index (χ1v) is 5.78. The first-order chi connectivity index (χ1) is 7.45. The molecule has 0 aromatic carbocycles. The minimum absolute atomic E-state index is 0.312. The van der Waals surface area contributed by atoms with Gasteiger partial charge >= 0.3 is 0 Å². The smallest absolute Gasteiger partial charge is 0.226 e. The zero-order valence-corrected chi connectivity index (χ0v) is 11.0. The van der Waals surface area contributed by atoms with E-state index in [1.807, 2.05) is 6.92 Å². The zero-order valence-electron chi connectivity index (χ0n) is 10.2. The van der Waals surface area contributed by atoms with Crippen LogP contribution in [0.4, 0.5) is 5.95 Å². The topological polar surface area (TPSA) is 55.0 Å². The summed E-state index contributed by atoms with van der Waals surface area (Å²) in [7, 11) is 0. The number of aryl methyl sites for hydroxylation is 1. The van der Waals surface area contributed by atoms with Crippen molar-refractivity contribution in [1.82, 2.24) is 9.97 Å². The molecule has 1 heterocycles. The molecular formula is C11H18N4S. The molecule has 1 aromatic heterocycles. The standard InChI is InChI=1S/C11H18N4S/c1-5-15(7(2)3)11-13-8(4)6-9(14-11)10(12)16/h6-7H,5H2,1-4H3,(H2,12,16). The average Bonchev–Trinajstić information content (AvgIpc) is 2.17. The average molecular weight is 238 g/mol. The molecule has 88 valence electrons. The number of thiocarbonyl (C=S) groups is 1. The number of nitrogens with zero attached hydrogens (tertiary/aromatic N) is 3. The van der Waals surface area contributed by atoms with Crippen LogP contribution in [0.25, 0.3) is 0 Å². The molecule has 4 nitrogen and oxygen atoms in total. The van der Waals surface area contributed by atoms with Crippen LogP contribution in [0.1, 0.15) is 32.2 Å². The van der Waals surface area contributed by atoms with E-state index in [0.29, 0.717) is 22.7 Å². The Bertz CT molecular complexity index is 390. The van der Waals surface area contributed by atoms with E-state index >= 15 is 0 Å². The van der Waals surface area contributed by atoms with E-state index in [1.54, 1.807) is 6.07 Å². The maximum absolute atomic E-state index is 5.59. The van der Waals surface area contributed by atoms with Crippen molar-refractivity contribution in [3.05, 3.63) is 17.5 Å². The van der Waals surface area contributed by atoms with E-state index in [0.717, 1.165) is 12.2 Å². The predicted molar refractivity (Wildman–Crippen MR) is 70.8 cm³/mol. The minimum atomic E-state index is 0.312. The van der Waals surface area contributed by atoms with Crippen molar-refractivity contribution >= 4 is 23.2 Å². The largest absolute Gasteiger partial charge is 0.388 e. The Balaban J connectivity index is 3.17. The van der Waals surface area contributed by atoms with Gasteiger partial charge in [-0.2, -0.15) is 0 Å². The van der Waals surface area contributed by atoms with E-state index in [9.17, 15) is 0 Å². The third-order valence-corrected chi connectivity index (χ3v) is 2.52. The highest BCUT2D eigenvalue weighted by molar-refractivity contribution is 7.80. The second-order valence-electron chi connectivity index (χ2n) is 3.94. The molecule has 0 radical (unpaired) electrons. The Labute approximate surface area is 102 Å². The highest BCUT2D eigenvalue weighted by Crippen LogP contribution is 2.13. The lowest BCUT2D eigenvalue weighted by molar-refractivity contribution is 0.679. The third kappa shape index (κ3) is 2.88. The number of aromatic nitrogens is 2. The van der Waals surface area contributed by atoms with Crippen LogP contribution < -0.4 is 10.6 Å². The molecular weight excluding hydrogens is 220 g/mol. The molecule has 0 saturated carbocycles. The molecule has 5 heteroatoms. The maximum Gasteiger partial charge on any atom is 0.226 e. The molecule has 0 saturated heterocycles. The summed E-state index contributed by atoms with van der Waals surface area (Å²) in [5.74, 6) is 0.695. The van der Waals surface area contributed by atoms with E-state index < -0.39 is 0 Å². The van der Waals surface area contributed by atoms with Gasteiger partial charge in [0.25, 0.3) is 0 Å². The van der Waals surface area contributed by atoms with Crippen LogP contribution >= 0.6 is 12.2 Å². The highest BCUT2D eigenvalue weighted by Gasteiger charge is 2.13. The van der Waals surface area contributed by atoms with Crippen LogP contribution in [-0.4, -0.2) is 27.5 Å². The lowest BCUT2D eigenvalue weighted by Gasteiger charge is -2.25. The van der Waals surface area contributed by atoms with Crippen molar-refractivity contribution in [1.29, 1.82) is 0 Å². The van der Waals surface area contributed by atoms with Crippen LogP contribution in [0.5, 0.6) is 0 Å². The van der Waals surface area contributed by atoms with Gasteiger partial charge < -0.3 is 10.6 Å². The van der Waals surface area contributed by atoms with Gasteiger partial charge in [-0.05, 0) is 33.8 Å². The number of anilines is 1. The summed E-state index contributed by atoms with van der Waals surface area (Å²) in [6.45, 7) is 9.07. The van der Waals surface area contributed by atoms with Crippen LogP contribution in [0.15, 0.2) is 6.07 Å². The minimum Gasteiger partial charge on any atom is -0.388 e. The van der Waals surface area contributed by atoms with Crippen molar-refractivity contribution in [2.45, 2.75) is 33.7 Å². The molecule has 0 unspecified atom stereocenters. The maximum atomic E-state index is 5.59. The van der Waals surface area contributed by atoms with Gasteiger partial charge in [-0.3, -0.25) is 0 Å². The number of rotatable bonds is 4. The van der Waals surface area contributed by atoms with Gasteiger partial charge in [0.1, 0.15) is 10.7 Å². The Morgan fingerprint density at radius 1 is 1.50 bits per heavy atom. The predicted octanol–water partition coefficient (Wildman–Crippen LogP) is 1.65. The van der Waals surface area contributed by atoms with Gasteiger partial charge in [-0.1, -0.05) is 12.2 Å². The van der Waals surface area contributed by atoms with Gasteiger partial charge in [0.05, 0.1) is 0 Å². The van der Waals surface area contributed by atoms with Gasteiger partial charge in [0, 0.05) is 18.3 Å². The van der Waals surface area contributed by atoms with Crippen LogP contribution in [0, 0.1) is 6.92 Å².